The maximum Gasteiger partial charge on any atom is 0.263 e. The summed E-state index contributed by atoms with van der Waals surface area (Å²) in [6.45, 7) is 3.82. The number of methoxy groups -OCH3 is 2. The second kappa shape index (κ2) is 9.50. The van der Waals surface area contributed by atoms with Crippen molar-refractivity contribution < 1.29 is 22.7 Å². The first-order valence-electron chi connectivity index (χ1n) is 9.57. The zero-order valence-corrected chi connectivity index (χ0v) is 19.6. The molecule has 0 bridgehead atoms. The van der Waals surface area contributed by atoms with Gasteiger partial charge in [0.05, 0.1) is 24.9 Å². The van der Waals surface area contributed by atoms with Crippen LogP contribution in [-0.4, -0.2) is 28.5 Å². The topological polar surface area (TPSA) is 93.7 Å². The summed E-state index contributed by atoms with van der Waals surface area (Å²) in [6, 6.07) is 14.2. The summed E-state index contributed by atoms with van der Waals surface area (Å²) >= 11 is 6.17. The fourth-order valence-corrected chi connectivity index (χ4v) is 4.55. The summed E-state index contributed by atoms with van der Waals surface area (Å²) in [5, 5.41) is 2.71. The number of aryl methyl sites for hydroxylation is 2. The van der Waals surface area contributed by atoms with Crippen molar-refractivity contribution in [2.45, 2.75) is 18.7 Å². The van der Waals surface area contributed by atoms with Crippen molar-refractivity contribution in [3.63, 3.8) is 0 Å². The van der Waals surface area contributed by atoms with Crippen molar-refractivity contribution in [3.05, 3.63) is 76.3 Å². The number of rotatable bonds is 7. The van der Waals surface area contributed by atoms with Gasteiger partial charge in [-0.05, 0) is 67.4 Å². The summed E-state index contributed by atoms with van der Waals surface area (Å²) in [6.07, 6.45) is 0. The number of sulfonamides is 1. The highest BCUT2D eigenvalue weighted by atomic mass is 35.5. The Kier molecular flexibility index (Phi) is 6.96. The average Bonchev–Trinajstić information content (AvgIpc) is 2.76. The molecule has 0 aliphatic heterocycles. The van der Waals surface area contributed by atoms with E-state index in [2.05, 4.69) is 10.0 Å². The fourth-order valence-electron chi connectivity index (χ4n) is 2.97. The first-order chi connectivity index (χ1) is 15.1. The van der Waals surface area contributed by atoms with Gasteiger partial charge in [0.1, 0.15) is 16.4 Å². The molecule has 0 radical (unpaired) electrons. The lowest BCUT2D eigenvalue weighted by Crippen LogP contribution is -2.17. The lowest BCUT2D eigenvalue weighted by atomic mass is 10.1. The smallest absolute Gasteiger partial charge is 0.263 e. The van der Waals surface area contributed by atoms with Gasteiger partial charge < -0.3 is 14.8 Å². The Morgan fingerprint density at radius 2 is 1.66 bits per heavy atom. The van der Waals surface area contributed by atoms with Crippen LogP contribution in [0.4, 0.5) is 11.4 Å². The Bertz CT molecular complexity index is 1280. The SMILES string of the molecule is COc1ccc(OC)c(NC(=O)c2ccc(Cl)c(S(=O)(=O)Nc3ccc(C)c(C)c3)c2)c1. The van der Waals surface area contributed by atoms with Crippen LogP contribution in [0.15, 0.2) is 59.5 Å². The van der Waals surface area contributed by atoms with Crippen molar-refractivity contribution in [2.24, 2.45) is 0 Å². The quantitative estimate of drug-likeness (QED) is 0.501. The van der Waals surface area contributed by atoms with Crippen LogP contribution in [0, 0.1) is 13.8 Å². The molecule has 32 heavy (non-hydrogen) atoms. The minimum absolute atomic E-state index is 0.00292. The third-order valence-electron chi connectivity index (χ3n) is 4.90. The molecule has 0 saturated heterocycles. The third-order valence-corrected chi connectivity index (χ3v) is 6.76. The van der Waals surface area contributed by atoms with Crippen LogP contribution in [0.5, 0.6) is 11.5 Å². The van der Waals surface area contributed by atoms with Crippen molar-refractivity contribution in [2.75, 3.05) is 24.3 Å². The first kappa shape index (κ1) is 23.4. The maximum atomic E-state index is 13.0. The molecule has 0 unspecified atom stereocenters. The van der Waals surface area contributed by atoms with E-state index in [0.717, 1.165) is 11.1 Å². The number of ether oxygens (including phenoxy) is 2. The van der Waals surface area contributed by atoms with Crippen molar-refractivity contribution in [3.8, 4) is 11.5 Å². The van der Waals surface area contributed by atoms with E-state index in [9.17, 15) is 13.2 Å². The highest BCUT2D eigenvalue weighted by molar-refractivity contribution is 7.92. The molecule has 0 saturated carbocycles. The number of hydrogen-bond donors (Lipinski definition) is 2. The number of amides is 1. The number of carbonyl (C=O) groups is 1. The Morgan fingerprint density at radius 1 is 0.906 bits per heavy atom. The van der Waals surface area contributed by atoms with Gasteiger partial charge in [0, 0.05) is 17.3 Å². The van der Waals surface area contributed by atoms with Gasteiger partial charge in [-0.15, -0.1) is 0 Å². The second-order valence-electron chi connectivity index (χ2n) is 7.07. The summed E-state index contributed by atoms with van der Waals surface area (Å²) in [4.78, 5) is 12.6. The van der Waals surface area contributed by atoms with Gasteiger partial charge in [0.15, 0.2) is 0 Å². The van der Waals surface area contributed by atoms with Crippen LogP contribution in [0.3, 0.4) is 0 Å². The molecule has 0 aliphatic carbocycles. The fraction of sp³-hybridized carbons (Fsp3) is 0.174. The van der Waals surface area contributed by atoms with Gasteiger partial charge in [-0.3, -0.25) is 9.52 Å². The van der Waals surface area contributed by atoms with E-state index < -0.39 is 15.9 Å². The normalized spacial score (nSPS) is 11.0. The van der Waals surface area contributed by atoms with Gasteiger partial charge in [-0.1, -0.05) is 17.7 Å². The zero-order valence-electron chi connectivity index (χ0n) is 18.0. The summed E-state index contributed by atoms with van der Waals surface area (Å²) in [7, 11) is -1.05. The van der Waals surface area contributed by atoms with Gasteiger partial charge in [-0.2, -0.15) is 0 Å². The minimum Gasteiger partial charge on any atom is -0.497 e. The van der Waals surface area contributed by atoms with E-state index >= 15 is 0 Å². The first-order valence-corrected chi connectivity index (χ1v) is 11.4. The van der Waals surface area contributed by atoms with Crippen molar-refractivity contribution in [1.82, 2.24) is 0 Å². The summed E-state index contributed by atoms with van der Waals surface area (Å²) in [5.41, 5.74) is 2.87. The standard InChI is InChI=1S/C23H23ClN2O5S/c1-14-5-7-17(11-15(14)2)26-32(28,29)22-12-16(6-9-19(22)24)23(27)25-20-13-18(30-3)8-10-21(20)31-4/h5-13,26H,1-4H3,(H,25,27). The molecule has 168 valence electrons. The monoisotopic (exact) mass is 474 g/mol. The molecular weight excluding hydrogens is 452 g/mol. The van der Waals surface area contributed by atoms with Gasteiger partial charge in [-0.25, -0.2) is 8.42 Å². The number of carbonyl (C=O) groups excluding carboxylic acids is 1. The lowest BCUT2D eigenvalue weighted by Gasteiger charge is -2.14. The van der Waals surface area contributed by atoms with Crippen LogP contribution in [-0.2, 0) is 10.0 Å². The van der Waals surface area contributed by atoms with Crippen LogP contribution < -0.4 is 19.5 Å². The largest absolute Gasteiger partial charge is 0.497 e. The van der Waals surface area contributed by atoms with E-state index in [-0.39, 0.29) is 15.5 Å². The molecule has 3 rings (SSSR count). The van der Waals surface area contributed by atoms with Crippen LogP contribution in [0.2, 0.25) is 5.02 Å². The number of halogens is 1. The number of anilines is 2. The number of nitrogens with one attached hydrogen (secondary N) is 2. The molecule has 0 spiro atoms. The van der Waals surface area contributed by atoms with Crippen LogP contribution in [0.25, 0.3) is 0 Å². The molecule has 3 aromatic rings. The van der Waals surface area contributed by atoms with E-state index in [1.165, 1.54) is 32.4 Å². The lowest BCUT2D eigenvalue weighted by molar-refractivity contribution is 0.102. The molecular formula is C23H23ClN2O5S. The Balaban J connectivity index is 1.91. The zero-order chi connectivity index (χ0) is 23.5. The molecule has 0 aliphatic rings. The molecule has 1 amide bonds. The average molecular weight is 475 g/mol. The molecule has 0 heterocycles. The van der Waals surface area contributed by atoms with E-state index in [1.54, 1.807) is 30.3 Å². The number of hydrogen-bond acceptors (Lipinski definition) is 5. The Hall–Kier alpha value is -3.23. The molecule has 9 heteroatoms. The molecule has 0 atom stereocenters. The van der Waals surface area contributed by atoms with E-state index in [1.807, 2.05) is 19.9 Å². The van der Waals surface area contributed by atoms with Gasteiger partial charge in [0.25, 0.3) is 15.9 Å². The minimum atomic E-state index is -4.03. The predicted molar refractivity (Wildman–Crippen MR) is 126 cm³/mol. The molecule has 0 aromatic heterocycles. The second-order valence-corrected chi connectivity index (χ2v) is 9.13. The Labute approximate surface area is 192 Å². The molecule has 0 fully saturated rings. The highest BCUT2D eigenvalue weighted by Crippen LogP contribution is 2.30. The van der Waals surface area contributed by atoms with E-state index in [4.69, 9.17) is 21.1 Å². The predicted octanol–water partition coefficient (Wildman–Crippen LogP) is 5.03. The molecule has 7 nitrogen and oxygen atoms in total. The van der Waals surface area contributed by atoms with Crippen LogP contribution in [0.1, 0.15) is 21.5 Å². The van der Waals surface area contributed by atoms with Gasteiger partial charge >= 0.3 is 0 Å². The van der Waals surface area contributed by atoms with Crippen molar-refractivity contribution in [1.29, 1.82) is 0 Å². The summed E-state index contributed by atoms with van der Waals surface area (Å²) < 4.78 is 38.9. The molecule has 2 N–H and O–H groups in total. The number of benzene rings is 3. The highest BCUT2D eigenvalue weighted by Gasteiger charge is 2.21. The molecule has 3 aromatic carbocycles. The Morgan fingerprint density at radius 3 is 2.31 bits per heavy atom. The third kappa shape index (κ3) is 5.15. The summed E-state index contributed by atoms with van der Waals surface area (Å²) in [5.74, 6) is 0.422. The van der Waals surface area contributed by atoms with Crippen LogP contribution >= 0.6 is 11.6 Å². The van der Waals surface area contributed by atoms with Crippen molar-refractivity contribution >= 4 is 38.9 Å². The van der Waals surface area contributed by atoms with E-state index in [0.29, 0.717) is 22.9 Å². The van der Waals surface area contributed by atoms with Gasteiger partial charge in [0.2, 0.25) is 0 Å². The maximum absolute atomic E-state index is 13.0.